The van der Waals surface area contributed by atoms with Gasteiger partial charge in [-0.2, -0.15) is 0 Å². The summed E-state index contributed by atoms with van der Waals surface area (Å²) in [6.07, 6.45) is 3.50. The first-order chi connectivity index (χ1) is 8.54. The second-order valence-corrected chi connectivity index (χ2v) is 5.87. The fourth-order valence-corrected chi connectivity index (χ4v) is 2.73. The van der Waals surface area contributed by atoms with Crippen LogP contribution in [0.4, 0.5) is 0 Å². The molecular weight excluding hydrogens is 228 g/mol. The van der Waals surface area contributed by atoms with Crippen molar-refractivity contribution in [2.45, 2.75) is 52.5 Å². The minimum atomic E-state index is -0.227. The van der Waals surface area contributed by atoms with E-state index in [0.717, 1.165) is 38.8 Å². The molecular formula is C14H28N2O2. The average Bonchev–Trinajstić information content (AvgIpc) is 2.38. The van der Waals surface area contributed by atoms with Crippen molar-refractivity contribution in [2.24, 2.45) is 11.3 Å². The molecule has 0 radical (unpaired) electrons. The van der Waals surface area contributed by atoms with Gasteiger partial charge in [-0.25, -0.2) is 0 Å². The van der Waals surface area contributed by atoms with Crippen LogP contribution >= 0.6 is 0 Å². The third kappa shape index (κ3) is 3.95. The van der Waals surface area contributed by atoms with E-state index in [0.29, 0.717) is 5.92 Å². The van der Waals surface area contributed by atoms with Crippen LogP contribution in [0, 0.1) is 11.3 Å². The van der Waals surface area contributed by atoms with Crippen molar-refractivity contribution in [3.05, 3.63) is 0 Å². The van der Waals surface area contributed by atoms with Gasteiger partial charge in [-0.15, -0.1) is 0 Å². The molecule has 4 heteroatoms. The molecule has 3 N–H and O–H groups in total. The van der Waals surface area contributed by atoms with Gasteiger partial charge in [0.15, 0.2) is 0 Å². The number of carbonyl (C=O) groups excluding carboxylic acids is 1. The molecule has 106 valence electrons. The second kappa shape index (κ2) is 7.10. The number of carbonyl (C=O) groups is 1. The summed E-state index contributed by atoms with van der Waals surface area (Å²) in [4.78, 5) is 12.5. The molecule has 1 aliphatic rings. The van der Waals surface area contributed by atoms with E-state index < -0.39 is 0 Å². The van der Waals surface area contributed by atoms with Crippen LogP contribution in [0.25, 0.3) is 0 Å². The summed E-state index contributed by atoms with van der Waals surface area (Å²) in [5.41, 5.74) is -0.227. The third-order valence-corrected chi connectivity index (χ3v) is 4.03. The SMILES string of the molecule is CCC1(C(=O)NC(CO)CC(C)C)CCNCC1. The van der Waals surface area contributed by atoms with E-state index in [2.05, 4.69) is 31.4 Å². The molecule has 0 aromatic rings. The van der Waals surface area contributed by atoms with Crippen LogP contribution in [0.15, 0.2) is 0 Å². The fourth-order valence-electron chi connectivity index (χ4n) is 2.73. The normalized spacial score (nSPS) is 20.7. The Kier molecular flexibility index (Phi) is 6.09. The van der Waals surface area contributed by atoms with Gasteiger partial charge in [0.05, 0.1) is 18.1 Å². The predicted octanol–water partition coefficient (Wildman–Crippen LogP) is 1.29. The summed E-state index contributed by atoms with van der Waals surface area (Å²) in [6, 6.07) is -0.101. The number of aliphatic hydroxyl groups is 1. The maximum absolute atomic E-state index is 12.5. The molecule has 4 nitrogen and oxygen atoms in total. The Hall–Kier alpha value is -0.610. The van der Waals surface area contributed by atoms with Gasteiger partial charge in [-0.3, -0.25) is 4.79 Å². The maximum atomic E-state index is 12.5. The van der Waals surface area contributed by atoms with Gasteiger partial charge < -0.3 is 15.7 Å². The largest absolute Gasteiger partial charge is 0.394 e. The van der Waals surface area contributed by atoms with Crippen molar-refractivity contribution in [1.29, 1.82) is 0 Å². The van der Waals surface area contributed by atoms with E-state index in [1.54, 1.807) is 0 Å². The summed E-state index contributed by atoms with van der Waals surface area (Å²) in [5.74, 6) is 0.610. The van der Waals surface area contributed by atoms with Gasteiger partial charge in [0, 0.05) is 0 Å². The summed E-state index contributed by atoms with van der Waals surface area (Å²) < 4.78 is 0. The Balaban J connectivity index is 2.60. The maximum Gasteiger partial charge on any atom is 0.226 e. The predicted molar refractivity (Wildman–Crippen MR) is 73.3 cm³/mol. The van der Waals surface area contributed by atoms with E-state index >= 15 is 0 Å². The van der Waals surface area contributed by atoms with E-state index in [9.17, 15) is 9.90 Å². The Morgan fingerprint density at radius 1 is 1.39 bits per heavy atom. The third-order valence-electron chi connectivity index (χ3n) is 4.03. The molecule has 1 fully saturated rings. The van der Waals surface area contributed by atoms with Crippen LogP contribution in [0.1, 0.15) is 46.5 Å². The molecule has 1 saturated heterocycles. The first-order valence-corrected chi connectivity index (χ1v) is 7.16. The highest BCUT2D eigenvalue weighted by Gasteiger charge is 2.38. The van der Waals surface area contributed by atoms with Crippen molar-refractivity contribution in [3.8, 4) is 0 Å². The number of rotatable bonds is 6. The Bertz CT molecular complexity index is 261. The van der Waals surface area contributed by atoms with Crippen molar-refractivity contribution in [1.82, 2.24) is 10.6 Å². The number of piperidine rings is 1. The lowest BCUT2D eigenvalue weighted by Gasteiger charge is -2.36. The first kappa shape index (κ1) is 15.4. The summed E-state index contributed by atoms with van der Waals surface area (Å²) >= 11 is 0. The highest BCUT2D eigenvalue weighted by molar-refractivity contribution is 5.83. The molecule has 0 aromatic carbocycles. The molecule has 1 atom stereocenters. The summed E-state index contributed by atoms with van der Waals surface area (Å²) in [5, 5.41) is 15.7. The first-order valence-electron chi connectivity index (χ1n) is 7.16. The molecule has 1 amide bonds. The van der Waals surface area contributed by atoms with Crippen LogP contribution in [-0.2, 0) is 4.79 Å². The van der Waals surface area contributed by atoms with Gasteiger partial charge in [-0.05, 0) is 44.7 Å². The Morgan fingerprint density at radius 3 is 2.44 bits per heavy atom. The molecule has 1 rings (SSSR count). The van der Waals surface area contributed by atoms with Gasteiger partial charge in [-0.1, -0.05) is 20.8 Å². The molecule has 1 heterocycles. The minimum Gasteiger partial charge on any atom is -0.394 e. The lowest BCUT2D eigenvalue weighted by atomic mass is 9.75. The zero-order valence-electron chi connectivity index (χ0n) is 12.0. The van der Waals surface area contributed by atoms with Crippen molar-refractivity contribution < 1.29 is 9.90 Å². The zero-order chi connectivity index (χ0) is 13.6. The number of amides is 1. The molecule has 0 aromatic heterocycles. The standard InChI is InChI=1S/C14H28N2O2/c1-4-14(5-7-15-8-6-14)13(18)16-12(10-17)9-11(2)3/h11-12,15,17H,4-10H2,1-3H3,(H,16,18). The summed E-state index contributed by atoms with van der Waals surface area (Å²) in [7, 11) is 0. The molecule has 0 bridgehead atoms. The fraction of sp³-hybridized carbons (Fsp3) is 0.929. The quantitative estimate of drug-likeness (QED) is 0.671. The monoisotopic (exact) mass is 256 g/mol. The Morgan fingerprint density at radius 2 is 2.00 bits per heavy atom. The van der Waals surface area contributed by atoms with Crippen molar-refractivity contribution in [2.75, 3.05) is 19.7 Å². The molecule has 18 heavy (non-hydrogen) atoms. The van der Waals surface area contributed by atoms with Gasteiger partial charge >= 0.3 is 0 Å². The lowest BCUT2D eigenvalue weighted by molar-refractivity contribution is -0.134. The van der Waals surface area contributed by atoms with Gasteiger partial charge in [0.25, 0.3) is 0 Å². The van der Waals surface area contributed by atoms with Gasteiger partial charge in [0.2, 0.25) is 5.91 Å². The average molecular weight is 256 g/mol. The van der Waals surface area contributed by atoms with Crippen LogP contribution in [0.3, 0.4) is 0 Å². The smallest absolute Gasteiger partial charge is 0.226 e. The molecule has 0 saturated carbocycles. The van der Waals surface area contributed by atoms with Crippen LogP contribution in [0.2, 0.25) is 0 Å². The van der Waals surface area contributed by atoms with E-state index in [1.165, 1.54) is 0 Å². The summed E-state index contributed by atoms with van der Waals surface area (Å²) in [6.45, 7) is 8.15. The second-order valence-electron chi connectivity index (χ2n) is 5.87. The van der Waals surface area contributed by atoms with E-state index in [-0.39, 0.29) is 24.0 Å². The molecule has 1 unspecified atom stereocenters. The highest BCUT2D eigenvalue weighted by Crippen LogP contribution is 2.32. The number of hydrogen-bond donors (Lipinski definition) is 3. The number of hydrogen-bond acceptors (Lipinski definition) is 3. The topological polar surface area (TPSA) is 61.4 Å². The van der Waals surface area contributed by atoms with Crippen molar-refractivity contribution >= 4 is 5.91 Å². The minimum absolute atomic E-state index is 0.0297. The molecule has 1 aliphatic heterocycles. The van der Waals surface area contributed by atoms with Gasteiger partial charge in [0.1, 0.15) is 0 Å². The van der Waals surface area contributed by atoms with E-state index in [4.69, 9.17) is 0 Å². The highest BCUT2D eigenvalue weighted by atomic mass is 16.3. The van der Waals surface area contributed by atoms with Crippen LogP contribution in [0.5, 0.6) is 0 Å². The number of nitrogens with one attached hydrogen (secondary N) is 2. The van der Waals surface area contributed by atoms with Crippen LogP contribution < -0.4 is 10.6 Å². The molecule has 0 aliphatic carbocycles. The zero-order valence-corrected chi connectivity index (χ0v) is 12.0. The molecule has 0 spiro atoms. The Labute approximate surface area is 111 Å². The van der Waals surface area contributed by atoms with Crippen LogP contribution in [-0.4, -0.2) is 36.8 Å². The number of aliphatic hydroxyl groups excluding tert-OH is 1. The van der Waals surface area contributed by atoms with Crippen molar-refractivity contribution in [3.63, 3.8) is 0 Å². The lowest BCUT2D eigenvalue weighted by Crippen LogP contribution is -2.51. The van der Waals surface area contributed by atoms with E-state index in [1.807, 2.05) is 0 Å².